The van der Waals surface area contributed by atoms with Crippen LogP contribution in [-0.2, 0) is 0 Å². The Balaban J connectivity index is 1.71. The summed E-state index contributed by atoms with van der Waals surface area (Å²) in [7, 11) is 0. The first-order valence-corrected chi connectivity index (χ1v) is 8.03. The average Bonchev–Trinajstić information content (AvgIpc) is 2.65. The van der Waals surface area contributed by atoms with Crippen LogP contribution in [0, 0.1) is 0 Å². The quantitative estimate of drug-likeness (QED) is 0.707. The number of halogens is 1. The van der Waals surface area contributed by atoms with Crippen molar-refractivity contribution in [1.29, 1.82) is 0 Å². The molecule has 0 spiro atoms. The van der Waals surface area contributed by atoms with Gasteiger partial charge in [0.25, 0.3) is 11.8 Å². The molecular formula is C20H15ClN2O2. The van der Waals surface area contributed by atoms with Gasteiger partial charge in [0, 0.05) is 16.8 Å². The maximum Gasteiger partial charge on any atom is 0.255 e. The number of amides is 2. The molecule has 0 radical (unpaired) electrons. The number of nitrogens with one attached hydrogen (secondary N) is 2. The van der Waals surface area contributed by atoms with Crippen molar-refractivity contribution in [3.8, 4) is 0 Å². The van der Waals surface area contributed by atoms with Gasteiger partial charge in [0.2, 0.25) is 0 Å². The second-order valence-electron chi connectivity index (χ2n) is 5.33. The van der Waals surface area contributed by atoms with E-state index in [-0.39, 0.29) is 11.8 Å². The van der Waals surface area contributed by atoms with Crippen molar-refractivity contribution >= 4 is 34.8 Å². The fraction of sp³-hybridized carbons (Fsp3) is 0. The minimum atomic E-state index is -0.247. The first kappa shape index (κ1) is 16.7. The van der Waals surface area contributed by atoms with Crippen LogP contribution in [0.1, 0.15) is 20.7 Å². The van der Waals surface area contributed by atoms with Crippen molar-refractivity contribution in [1.82, 2.24) is 0 Å². The summed E-state index contributed by atoms with van der Waals surface area (Å²) in [4.78, 5) is 24.3. The van der Waals surface area contributed by atoms with Gasteiger partial charge in [-0.15, -0.1) is 0 Å². The predicted molar refractivity (Wildman–Crippen MR) is 100 cm³/mol. The molecule has 4 nitrogen and oxygen atoms in total. The van der Waals surface area contributed by atoms with Gasteiger partial charge in [-0.2, -0.15) is 0 Å². The van der Waals surface area contributed by atoms with Crippen LogP contribution in [0.15, 0.2) is 78.9 Å². The topological polar surface area (TPSA) is 58.2 Å². The molecular weight excluding hydrogens is 336 g/mol. The van der Waals surface area contributed by atoms with Crippen molar-refractivity contribution in [2.45, 2.75) is 0 Å². The van der Waals surface area contributed by atoms with Crippen LogP contribution < -0.4 is 10.6 Å². The second kappa shape index (κ2) is 7.64. The van der Waals surface area contributed by atoms with E-state index in [1.165, 1.54) is 0 Å². The van der Waals surface area contributed by atoms with Crippen LogP contribution in [0.25, 0.3) is 0 Å². The molecule has 0 heterocycles. The lowest BCUT2D eigenvalue weighted by Crippen LogP contribution is -2.13. The fourth-order valence-corrected chi connectivity index (χ4v) is 2.50. The maximum absolute atomic E-state index is 12.2. The Morgan fingerprint density at radius 2 is 1.20 bits per heavy atom. The molecule has 124 valence electrons. The minimum absolute atomic E-state index is 0.224. The molecule has 0 aliphatic rings. The molecule has 2 amide bonds. The molecule has 0 fully saturated rings. The molecule has 0 saturated heterocycles. The van der Waals surface area contributed by atoms with Gasteiger partial charge >= 0.3 is 0 Å². The molecule has 0 aromatic heterocycles. The van der Waals surface area contributed by atoms with Crippen LogP contribution in [0.3, 0.4) is 0 Å². The van der Waals surface area contributed by atoms with Crippen LogP contribution in [0.5, 0.6) is 0 Å². The summed E-state index contributed by atoms with van der Waals surface area (Å²) in [6.45, 7) is 0. The van der Waals surface area contributed by atoms with Crippen molar-refractivity contribution < 1.29 is 9.59 Å². The number of rotatable bonds is 4. The first-order chi connectivity index (χ1) is 12.1. The van der Waals surface area contributed by atoms with E-state index >= 15 is 0 Å². The van der Waals surface area contributed by atoms with Crippen molar-refractivity contribution in [2.24, 2.45) is 0 Å². The van der Waals surface area contributed by atoms with Gasteiger partial charge in [-0.05, 0) is 42.5 Å². The second-order valence-corrected chi connectivity index (χ2v) is 5.74. The lowest BCUT2D eigenvalue weighted by molar-refractivity contribution is 0.101. The van der Waals surface area contributed by atoms with Gasteiger partial charge in [-0.1, -0.05) is 48.0 Å². The molecule has 0 atom stereocenters. The highest BCUT2D eigenvalue weighted by Crippen LogP contribution is 2.26. The van der Waals surface area contributed by atoms with Crippen molar-refractivity contribution in [2.75, 3.05) is 10.6 Å². The van der Waals surface area contributed by atoms with E-state index in [4.69, 9.17) is 11.6 Å². The summed E-state index contributed by atoms with van der Waals surface area (Å²) in [6.07, 6.45) is 0. The number of hydrogen-bond acceptors (Lipinski definition) is 2. The van der Waals surface area contributed by atoms with Crippen LogP contribution in [0.2, 0.25) is 5.02 Å². The normalized spacial score (nSPS) is 10.1. The molecule has 0 bridgehead atoms. The fourth-order valence-electron chi connectivity index (χ4n) is 2.27. The summed E-state index contributed by atoms with van der Waals surface area (Å²) in [6, 6.07) is 22.7. The number of carbonyl (C=O) groups is 2. The number of carbonyl (C=O) groups excluding carboxylic acids is 2. The third-order valence-electron chi connectivity index (χ3n) is 3.55. The zero-order chi connectivity index (χ0) is 17.6. The number of hydrogen-bond donors (Lipinski definition) is 2. The summed E-state index contributed by atoms with van der Waals surface area (Å²) < 4.78 is 0. The average molecular weight is 351 g/mol. The molecule has 0 aliphatic heterocycles. The predicted octanol–water partition coefficient (Wildman–Crippen LogP) is 4.84. The smallest absolute Gasteiger partial charge is 0.255 e. The Hall–Kier alpha value is -3.11. The van der Waals surface area contributed by atoms with E-state index in [0.717, 1.165) is 0 Å². The van der Waals surface area contributed by atoms with Crippen LogP contribution >= 0.6 is 11.6 Å². The Labute approximate surface area is 150 Å². The van der Waals surface area contributed by atoms with E-state index in [1.54, 1.807) is 66.7 Å². The molecule has 5 heteroatoms. The maximum atomic E-state index is 12.2. The highest BCUT2D eigenvalue weighted by Gasteiger charge is 2.10. The SMILES string of the molecule is O=C(Nc1ccc(NC(=O)c2ccccc2)c(Cl)c1)c1ccccc1. The van der Waals surface area contributed by atoms with Crippen molar-refractivity contribution in [3.63, 3.8) is 0 Å². The Morgan fingerprint density at radius 3 is 1.72 bits per heavy atom. The van der Waals surface area contributed by atoms with E-state index in [2.05, 4.69) is 10.6 Å². The zero-order valence-electron chi connectivity index (χ0n) is 13.2. The lowest BCUT2D eigenvalue weighted by atomic mass is 10.2. The lowest BCUT2D eigenvalue weighted by Gasteiger charge is -2.10. The third kappa shape index (κ3) is 4.25. The standard InChI is InChI=1S/C20H15ClN2O2/c21-17-13-16(22-19(24)14-7-3-1-4-8-14)11-12-18(17)23-20(25)15-9-5-2-6-10-15/h1-13H,(H,22,24)(H,23,25). The van der Waals surface area contributed by atoms with Gasteiger partial charge in [0.15, 0.2) is 0 Å². The summed E-state index contributed by atoms with van der Waals surface area (Å²) in [5.41, 5.74) is 2.13. The van der Waals surface area contributed by atoms with Crippen LogP contribution in [-0.4, -0.2) is 11.8 Å². The monoisotopic (exact) mass is 350 g/mol. The van der Waals surface area contributed by atoms with E-state index in [0.29, 0.717) is 27.5 Å². The molecule has 25 heavy (non-hydrogen) atoms. The molecule has 0 unspecified atom stereocenters. The van der Waals surface area contributed by atoms with Gasteiger partial charge < -0.3 is 10.6 Å². The molecule has 0 saturated carbocycles. The molecule has 2 N–H and O–H groups in total. The van der Waals surface area contributed by atoms with Crippen LogP contribution in [0.4, 0.5) is 11.4 Å². The Kier molecular flexibility index (Phi) is 5.11. The highest BCUT2D eigenvalue weighted by atomic mass is 35.5. The number of anilines is 2. The first-order valence-electron chi connectivity index (χ1n) is 7.66. The molecule has 3 rings (SSSR count). The zero-order valence-corrected chi connectivity index (χ0v) is 14.0. The summed E-state index contributed by atoms with van der Waals surface area (Å²) in [5, 5.41) is 5.87. The summed E-state index contributed by atoms with van der Waals surface area (Å²) in [5.74, 6) is -0.471. The molecule has 3 aromatic rings. The third-order valence-corrected chi connectivity index (χ3v) is 3.86. The molecule has 3 aromatic carbocycles. The summed E-state index contributed by atoms with van der Waals surface area (Å²) >= 11 is 6.22. The number of benzene rings is 3. The molecule has 0 aliphatic carbocycles. The largest absolute Gasteiger partial charge is 0.322 e. The van der Waals surface area contributed by atoms with Gasteiger partial charge in [0.1, 0.15) is 0 Å². The highest BCUT2D eigenvalue weighted by molar-refractivity contribution is 6.34. The minimum Gasteiger partial charge on any atom is -0.322 e. The van der Waals surface area contributed by atoms with Gasteiger partial charge in [-0.25, -0.2) is 0 Å². The van der Waals surface area contributed by atoms with Gasteiger partial charge in [0.05, 0.1) is 10.7 Å². The van der Waals surface area contributed by atoms with Gasteiger partial charge in [-0.3, -0.25) is 9.59 Å². The Bertz CT molecular complexity index is 896. The van der Waals surface area contributed by atoms with E-state index in [1.807, 2.05) is 12.1 Å². The van der Waals surface area contributed by atoms with Crippen molar-refractivity contribution in [3.05, 3.63) is 95.0 Å². The van der Waals surface area contributed by atoms with E-state index in [9.17, 15) is 9.59 Å². The van der Waals surface area contributed by atoms with E-state index < -0.39 is 0 Å². The Morgan fingerprint density at radius 1 is 0.680 bits per heavy atom.